The van der Waals surface area contributed by atoms with Crippen molar-refractivity contribution in [1.82, 2.24) is 9.78 Å². The number of aryl methyl sites for hydroxylation is 1. The van der Waals surface area contributed by atoms with Gasteiger partial charge in [-0.05, 0) is 0 Å². The van der Waals surface area contributed by atoms with Crippen LogP contribution in [0.1, 0.15) is 10.5 Å². The van der Waals surface area contributed by atoms with Gasteiger partial charge < -0.3 is 15.3 Å². The lowest BCUT2D eigenvalue weighted by atomic mass is 10.2. The lowest BCUT2D eigenvalue weighted by Gasteiger charge is -2.24. The molecular formula is C8H12N4O2. The van der Waals surface area contributed by atoms with Crippen molar-refractivity contribution in [1.29, 1.82) is 0 Å². The Kier molecular flexibility index (Phi) is 1.83. The fourth-order valence-corrected chi connectivity index (χ4v) is 1.69. The molecule has 0 unspecified atom stereocenters. The van der Waals surface area contributed by atoms with E-state index in [1.807, 2.05) is 11.9 Å². The number of nitrogens with one attached hydrogen (secondary N) is 1. The Morgan fingerprint density at radius 1 is 1.57 bits per heavy atom. The molecule has 2 rings (SSSR count). The highest BCUT2D eigenvalue weighted by molar-refractivity contribution is 5.96. The fraction of sp³-hybridized carbons (Fsp3) is 0.500. The van der Waals surface area contributed by atoms with Crippen molar-refractivity contribution in [2.75, 3.05) is 30.4 Å². The molecule has 2 heterocycles. The number of carbonyl (C=O) groups is 1. The molecule has 14 heavy (non-hydrogen) atoms. The zero-order valence-electron chi connectivity index (χ0n) is 8.11. The molecule has 0 aliphatic carbocycles. The summed E-state index contributed by atoms with van der Waals surface area (Å²) in [5.74, 6) is -0.296. The molecule has 1 aromatic heterocycles. The molecular weight excluding hydrogens is 184 g/mol. The number of fused-ring (bicyclic) bond motifs is 1. The first-order valence-corrected chi connectivity index (χ1v) is 4.36. The van der Waals surface area contributed by atoms with E-state index in [2.05, 4.69) is 10.4 Å². The van der Waals surface area contributed by atoms with Gasteiger partial charge in [0.05, 0.1) is 0 Å². The van der Waals surface area contributed by atoms with Gasteiger partial charge in [0.15, 0.2) is 11.5 Å². The smallest absolute Gasteiger partial charge is 0.356 e. The van der Waals surface area contributed by atoms with Crippen LogP contribution in [0.2, 0.25) is 0 Å². The van der Waals surface area contributed by atoms with E-state index in [-0.39, 0.29) is 5.69 Å². The average molecular weight is 196 g/mol. The van der Waals surface area contributed by atoms with Crippen LogP contribution in [0.5, 0.6) is 0 Å². The third-order valence-electron chi connectivity index (χ3n) is 2.35. The first kappa shape index (κ1) is 8.86. The van der Waals surface area contributed by atoms with E-state index >= 15 is 0 Å². The number of likely N-dealkylation sites (N-methyl/N-ethyl adjacent to an activating group) is 1. The lowest BCUT2D eigenvalue weighted by molar-refractivity contribution is 0.0685. The van der Waals surface area contributed by atoms with Gasteiger partial charge in [0.2, 0.25) is 0 Å². The van der Waals surface area contributed by atoms with Crippen molar-refractivity contribution >= 4 is 17.5 Å². The van der Waals surface area contributed by atoms with Crippen molar-refractivity contribution in [3.8, 4) is 0 Å². The zero-order chi connectivity index (χ0) is 10.3. The highest BCUT2D eigenvalue weighted by Gasteiger charge is 2.26. The maximum absolute atomic E-state index is 11.0. The molecule has 0 saturated heterocycles. The van der Waals surface area contributed by atoms with E-state index in [0.29, 0.717) is 11.5 Å². The second kappa shape index (κ2) is 2.90. The van der Waals surface area contributed by atoms with Crippen molar-refractivity contribution < 1.29 is 9.90 Å². The molecule has 0 bridgehead atoms. The predicted octanol–water partition coefficient (Wildman–Crippen LogP) is -0.0200. The van der Waals surface area contributed by atoms with Gasteiger partial charge in [0.1, 0.15) is 5.69 Å². The molecule has 1 aliphatic heterocycles. The van der Waals surface area contributed by atoms with E-state index in [1.54, 1.807) is 7.05 Å². The summed E-state index contributed by atoms with van der Waals surface area (Å²) in [5.41, 5.74) is 0.904. The number of aromatic nitrogens is 2. The van der Waals surface area contributed by atoms with Crippen molar-refractivity contribution in [3.63, 3.8) is 0 Å². The van der Waals surface area contributed by atoms with Gasteiger partial charge >= 0.3 is 5.97 Å². The van der Waals surface area contributed by atoms with Crippen LogP contribution in [0, 0.1) is 0 Å². The van der Waals surface area contributed by atoms with Crippen LogP contribution in [0.15, 0.2) is 0 Å². The third kappa shape index (κ3) is 1.11. The van der Waals surface area contributed by atoms with E-state index in [4.69, 9.17) is 5.11 Å². The summed E-state index contributed by atoms with van der Waals surface area (Å²) in [6, 6.07) is 0. The number of anilines is 2. The molecule has 76 valence electrons. The van der Waals surface area contributed by atoms with Gasteiger partial charge in [-0.15, -0.1) is 0 Å². The minimum atomic E-state index is -0.947. The molecule has 0 spiro atoms. The molecule has 2 N–H and O–H groups in total. The maximum Gasteiger partial charge on any atom is 0.356 e. The zero-order valence-corrected chi connectivity index (χ0v) is 8.11. The first-order valence-electron chi connectivity index (χ1n) is 4.36. The maximum atomic E-state index is 11.0. The largest absolute Gasteiger partial charge is 0.476 e. The SMILES string of the molecule is CN1CCNc2nn(C)c(C(=O)O)c21. The first-order chi connectivity index (χ1) is 6.61. The number of rotatable bonds is 1. The molecule has 0 aromatic carbocycles. The second-order valence-corrected chi connectivity index (χ2v) is 3.32. The lowest BCUT2D eigenvalue weighted by Crippen LogP contribution is -2.31. The monoisotopic (exact) mass is 196 g/mol. The van der Waals surface area contributed by atoms with Crippen LogP contribution >= 0.6 is 0 Å². The Morgan fingerprint density at radius 3 is 2.93 bits per heavy atom. The average Bonchev–Trinajstić information content (AvgIpc) is 2.42. The summed E-state index contributed by atoms with van der Waals surface area (Å²) >= 11 is 0. The molecule has 0 amide bonds. The minimum absolute atomic E-state index is 0.231. The number of carboxylic acid groups (broad SMARTS) is 1. The quantitative estimate of drug-likeness (QED) is 0.660. The van der Waals surface area contributed by atoms with E-state index in [1.165, 1.54) is 4.68 Å². The molecule has 0 fully saturated rings. The van der Waals surface area contributed by atoms with E-state index < -0.39 is 5.97 Å². The summed E-state index contributed by atoms with van der Waals surface area (Å²) in [4.78, 5) is 12.9. The van der Waals surface area contributed by atoms with Crippen LogP contribution in [0.4, 0.5) is 11.5 Å². The molecule has 1 aromatic rings. The Morgan fingerprint density at radius 2 is 2.29 bits per heavy atom. The Labute approximate surface area is 81.1 Å². The van der Waals surface area contributed by atoms with Gasteiger partial charge in [-0.3, -0.25) is 4.68 Å². The summed E-state index contributed by atoms with van der Waals surface area (Å²) in [5, 5.41) is 16.2. The third-order valence-corrected chi connectivity index (χ3v) is 2.35. The number of aromatic carboxylic acids is 1. The number of hydrogen-bond acceptors (Lipinski definition) is 4. The summed E-state index contributed by atoms with van der Waals surface area (Å²) in [7, 11) is 3.51. The van der Waals surface area contributed by atoms with Crippen molar-refractivity contribution in [3.05, 3.63) is 5.69 Å². The van der Waals surface area contributed by atoms with Gasteiger partial charge in [-0.2, -0.15) is 5.10 Å². The van der Waals surface area contributed by atoms with Crippen molar-refractivity contribution in [2.45, 2.75) is 0 Å². The minimum Gasteiger partial charge on any atom is -0.476 e. The van der Waals surface area contributed by atoms with E-state index in [0.717, 1.165) is 13.1 Å². The van der Waals surface area contributed by atoms with Gasteiger partial charge in [-0.25, -0.2) is 4.79 Å². The molecule has 0 radical (unpaired) electrons. The molecule has 6 nitrogen and oxygen atoms in total. The van der Waals surface area contributed by atoms with Gasteiger partial charge in [-0.1, -0.05) is 0 Å². The standard InChI is InChI=1S/C8H12N4O2/c1-11-4-3-9-7-5(11)6(8(13)14)12(2)10-7/h3-4H2,1-2H3,(H,9,10)(H,13,14). The van der Waals surface area contributed by atoms with Crippen LogP contribution in [0.3, 0.4) is 0 Å². The number of hydrogen-bond donors (Lipinski definition) is 2. The molecule has 0 atom stereocenters. The molecule has 1 aliphatic rings. The summed E-state index contributed by atoms with van der Waals surface area (Å²) in [6.45, 7) is 1.58. The van der Waals surface area contributed by atoms with Crippen LogP contribution in [0.25, 0.3) is 0 Å². The number of nitrogens with zero attached hydrogens (tertiary/aromatic N) is 3. The Hall–Kier alpha value is -1.72. The Balaban J connectivity index is 2.59. The summed E-state index contributed by atoms with van der Waals surface area (Å²) in [6.07, 6.45) is 0. The normalized spacial score (nSPS) is 14.9. The van der Waals surface area contributed by atoms with Gasteiger partial charge in [0.25, 0.3) is 0 Å². The highest BCUT2D eigenvalue weighted by Crippen LogP contribution is 2.30. The van der Waals surface area contributed by atoms with Crippen LogP contribution < -0.4 is 10.2 Å². The fourth-order valence-electron chi connectivity index (χ4n) is 1.69. The van der Waals surface area contributed by atoms with Crippen molar-refractivity contribution in [2.24, 2.45) is 7.05 Å². The topological polar surface area (TPSA) is 70.4 Å². The van der Waals surface area contributed by atoms with Crippen LogP contribution in [-0.4, -0.2) is 41.0 Å². The van der Waals surface area contributed by atoms with Gasteiger partial charge in [0, 0.05) is 27.2 Å². The highest BCUT2D eigenvalue weighted by atomic mass is 16.4. The summed E-state index contributed by atoms with van der Waals surface area (Å²) < 4.78 is 1.39. The molecule has 0 saturated carbocycles. The Bertz CT molecular complexity index is 385. The molecule has 6 heteroatoms. The van der Waals surface area contributed by atoms with Crippen LogP contribution in [-0.2, 0) is 7.05 Å². The predicted molar refractivity (Wildman–Crippen MR) is 51.9 cm³/mol. The number of carboxylic acids is 1. The second-order valence-electron chi connectivity index (χ2n) is 3.32. The van der Waals surface area contributed by atoms with E-state index in [9.17, 15) is 4.79 Å².